The molecule has 0 saturated heterocycles. The molecule has 0 bridgehead atoms. The Hall–Kier alpha value is -0.0400. The van der Waals surface area contributed by atoms with Crippen LogP contribution >= 0.6 is 0 Å². The van der Waals surface area contributed by atoms with Gasteiger partial charge in [-0.2, -0.15) is 0 Å². The van der Waals surface area contributed by atoms with Crippen molar-refractivity contribution in [2.24, 2.45) is 0 Å². The van der Waals surface area contributed by atoms with Crippen LogP contribution < -0.4 is 5.32 Å². The van der Waals surface area contributed by atoms with E-state index in [1.807, 2.05) is 0 Å². The fraction of sp³-hybridized carbons (Fsp3) is 1.00. The lowest BCUT2D eigenvalue weighted by Crippen LogP contribution is -2.56. The van der Waals surface area contributed by atoms with Crippen LogP contribution in [0.15, 0.2) is 0 Å². The highest BCUT2D eigenvalue weighted by atomic mass is 15.0. The molecule has 0 aliphatic heterocycles. The minimum absolute atomic E-state index is 0.363. The highest BCUT2D eigenvalue weighted by Gasteiger charge is 2.33. The molecule has 1 N–H and O–H groups in total. The third-order valence-electron chi connectivity index (χ3n) is 4.59. The van der Waals surface area contributed by atoms with Gasteiger partial charge in [0.15, 0.2) is 0 Å². The first-order chi connectivity index (χ1) is 7.07. The summed E-state index contributed by atoms with van der Waals surface area (Å²) in [7, 11) is 0. The van der Waals surface area contributed by atoms with Crippen molar-refractivity contribution in [3.8, 4) is 0 Å². The monoisotopic (exact) mass is 213 g/mol. The zero-order chi connectivity index (χ0) is 11.9. The Kier molecular flexibility index (Phi) is 6.51. The van der Waals surface area contributed by atoms with Crippen LogP contribution in [0, 0.1) is 0 Å². The van der Waals surface area contributed by atoms with E-state index in [4.69, 9.17) is 0 Å². The Balaban J connectivity index is 4.74. The first-order valence-corrected chi connectivity index (χ1v) is 6.86. The van der Waals surface area contributed by atoms with Gasteiger partial charge in [-0.1, -0.05) is 41.5 Å². The molecule has 0 spiro atoms. The predicted octanol–water partition coefficient (Wildman–Crippen LogP) is 4.51. The van der Waals surface area contributed by atoms with E-state index in [-0.39, 0.29) is 0 Å². The zero-order valence-electron chi connectivity index (χ0n) is 11.7. The molecule has 15 heavy (non-hydrogen) atoms. The summed E-state index contributed by atoms with van der Waals surface area (Å²) < 4.78 is 0. The molecule has 0 aliphatic carbocycles. The molecule has 0 unspecified atom stereocenters. The molecule has 0 aromatic heterocycles. The van der Waals surface area contributed by atoms with Crippen molar-refractivity contribution in [1.82, 2.24) is 5.32 Å². The maximum Gasteiger partial charge on any atom is 0.0178 e. The van der Waals surface area contributed by atoms with Crippen LogP contribution in [0.2, 0.25) is 0 Å². The van der Waals surface area contributed by atoms with E-state index < -0.39 is 0 Å². The first-order valence-electron chi connectivity index (χ1n) is 6.86. The summed E-state index contributed by atoms with van der Waals surface area (Å²) in [5, 5.41) is 3.98. The number of hydrogen-bond acceptors (Lipinski definition) is 1. The summed E-state index contributed by atoms with van der Waals surface area (Å²) in [5.41, 5.74) is 0.726. The Morgan fingerprint density at radius 3 is 0.867 bits per heavy atom. The van der Waals surface area contributed by atoms with E-state index in [9.17, 15) is 0 Å². The lowest BCUT2D eigenvalue weighted by Gasteiger charge is -2.44. The van der Waals surface area contributed by atoms with Crippen LogP contribution in [0.4, 0.5) is 0 Å². The van der Waals surface area contributed by atoms with Gasteiger partial charge in [0.05, 0.1) is 0 Å². The summed E-state index contributed by atoms with van der Waals surface area (Å²) in [6.45, 7) is 13.9. The average molecular weight is 213 g/mol. The van der Waals surface area contributed by atoms with Gasteiger partial charge in [-0.15, -0.1) is 0 Å². The van der Waals surface area contributed by atoms with E-state index in [0.717, 1.165) is 0 Å². The molecule has 0 fully saturated rings. The summed E-state index contributed by atoms with van der Waals surface area (Å²) in [6.07, 6.45) is 7.43. The molecule has 0 heterocycles. The standard InChI is InChI=1S/C14H31N/c1-7-13(8-2,9-3)15-14(10-4,11-5)12-6/h15H,7-12H2,1-6H3. The van der Waals surface area contributed by atoms with Crippen LogP contribution in [0.5, 0.6) is 0 Å². The van der Waals surface area contributed by atoms with E-state index in [1.165, 1.54) is 38.5 Å². The normalized spacial score (nSPS) is 13.2. The molecule has 1 nitrogen and oxygen atoms in total. The molecule has 0 aromatic carbocycles. The van der Waals surface area contributed by atoms with Gasteiger partial charge in [0.2, 0.25) is 0 Å². The fourth-order valence-electron chi connectivity index (χ4n) is 2.59. The van der Waals surface area contributed by atoms with Crippen molar-refractivity contribution in [1.29, 1.82) is 0 Å². The minimum atomic E-state index is 0.363. The van der Waals surface area contributed by atoms with Gasteiger partial charge in [0.25, 0.3) is 0 Å². The molecular weight excluding hydrogens is 182 g/mol. The largest absolute Gasteiger partial charge is 0.306 e. The predicted molar refractivity (Wildman–Crippen MR) is 70.3 cm³/mol. The molecule has 0 rings (SSSR count). The van der Waals surface area contributed by atoms with Crippen molar-refractivity contribution < 1.29 is 0 Å². The van der Waals surface area contributed by atoms with Gasteiger partial charge in [0.1, 0.15) is 0 Å². The SMILES string of the molecule is CCC(CC)(CC)NC(CC)(CC)CC. The summed E-state index contributed by atoms with van der Waals surface area (Å²) in [6, 6.07) is 0. The molecule has 0 saturated carbocycles. The van der Waals surface area contributed by atoms with Crippen molar-refractivity contribution in [3.05, 3.63) is 0 Å². The van der Waals surface area contributed by atoms with Crippen LogP contribution in [-0.4, -0.2) is 11.1 Å². The Labute approximate surface area is 97.0 Å². The van der Waals surface area contributed by atoms with Crippen LogP contribution in [0.3, 0.4) is 0 Å². The number of hydrogen-bond donors (Lipinski definition) is 1. The van der Waals surface area contributed by atoms with Crippen LogP contribution in [-0.2, 0) is 0 Å². The van der Waals surface area contributed by atoms with Crippen LogP contribution in [0.25, 0.3) is 0 Å². The van der Waals surface area contributed by atoms with E-state index in [2.05, 4.69) is 46.9 Å². The minimum Gasteiger partial charge on any atom is -0.306 e. The van der Waals surface area contributed by atoms with Gasteiger partial charge in [-0.25, -0.2) is 0 Å². The molecule has 0 radical (unpaired) electrons. The van der Waals surface area contributed by atoms with Gasteiger partial charge in [-0.3, -0.25) is 0 Å². The maximum atomic E-state index is 3.98. The molecule has 1 heteroatoms. The lowest BCUT2D eigenvalue weighted by molar-refractivity contribution is 0.166. The Morgan fingerprint density at radius 2 is 0.733 bits per heavy atom. The maximum absolute atomic E-state index is 3.98. The van der Waals surface area contributed by atoms with Gasteiger partial charge in [-0.05, 0) is 38.5 Å². The van der Waals surface area contributed by atoms with Crippen molar-refractivity contribution in [2.45, 2.75) is 91.1 Å². The molecule has 0 aromatic rings. The summed E-state index contributed by atoms with van der Waals surface area (Å²) >= 11 is 0. The van der Waals surface area contributed by atoms with Crippen molar-refractivity contribution in [3.63, 3.8) is 0 Å². The van der Waals surface area contributed by atoms with E-state index in [1.54, 1.807) is 0 Å². The first kappa shape index (κ1) is 15.0. The third-order valence-corrected chi connectivity index (χ3v) is 4.59. The molecular formula is C14H31N. The smallest absolute Gasteiger partial charge is 0.0178 e. The second kappa shape index (κ2) is 6.52. The molecule has 0 amide bonds. The van der Waals surface area contributed by atoms with Crippen LogP contribution in [0.1, 0.15) is 80.1 Å². The second-order valence-electron chi connectivity index (χ2n) is 4.81. The van der Waals surface area contributed by atoms with E-state index in [0.29, 0.717) is 11.1 Å². The topological polar surface area (TPSA) is 12.0 Å². The van der Waals surface area contributed by atoms with Gasteiger partial charge in [0, 0.05) is 11.1 Å². The van der Waals surface area contributed by atoms with Crippen molar-refractivity contribution in [2.75, 3.05) is 0 Å². The second-order valence-corrected chi connectivity index (χ2v) is 4.81. The zero-order valence-corrected chi connectivity index (χ0v) is 11.7. The average Bonchev–Trinajstić information content (AvgIpc) is 2.33. The summed E-state index contributed by atoms with van der Waals surface area (Å²) in [4.78, 5) is 0. The molecule has 0 atom stereocenters. The Morgan fingerprint density at radius 1 is 0.533 bits per heavy atom. The summed E-state index contributed by atoms with van der Waals surface area (Å²) in [5.74, 6) is 0. The number of rotatable bonds is 8. The number of nitrogens with one attached hydrogen (secondary N) is 1. The quantitative estimate of drug-likeness (QED) is 0.625. The highest BCUT2D eigenvalue weighted by Crippen LogP contribution is 2.28. The van der Waals surface area contributed by atoms with Gasteiger partial charge >= 0.3 is 0 Å². The van der Waals surface area contributed by atoms with Crippen molar-refractivity contribution >= 4 is 0 Å². The van der Waals surface area contributed by atoms with E-state index >= 15 is 0 Å². The Bertz CT molecular complexity index is 120. The lowest BCUT2D eigenvalue weighted by atomic mass is 9.81. The fourth-order valence-corrected chi connectivity index (χ4v) is 2.59. The third kappa shape index (κ3) is 3.48. The van der Waals surface area contributed by atoms with Gasteiger partial charge < -0.3 is 5.32 Å². The molecule has 92 valence electrons. The highest BCUT2D eigenvalue weighted by molar-refractivity contribution is 4.95. The molecule has 0 aliphatic rings.